The Morgan fingerprint density at radius 1 is 0.763 bits per heavy atom. The molecule has 19 atom stereocenters. The monoisotopic (exact) mass is 1070 g/mol. The van der Waals surface area contributed by atoms with Crippen molar-refractivity contribution in [2.75, 3.05) is 0 Å². The first kappa shape index (κ1) is 66.0. The highest BCUT2D eigenvalue weighted by atomic mass is 16.7. The van der Waals surface area contributed by atoms with E-state index in [-0.39, 0.29) is 75.4 Å². The molecule has 0 radical (unpaired) electrons. The molecule has 3 aliphatic heterocycles. The summed E-state index contributed by atoms with van der Waals surface area (Å²) >= 11 is 0. The second-order valence-corrected chi connectivity index (χ2v) is 20.5. The van der Waals surface area contributed by atoms with Crippen molar-refractivity contribution in [3.63, 3.8) is 0 Å². The zero-order chi connectivity index (χ0) is 56.4. The van der Waals surface area contributed by atoms with Gasteiger partial charge in [-0.05, 0) is 77.2 Å². The minimum Gasteiger partial charge on any atom is -0.481 e. The van der Waals surface area contributed by atoms with Gasteiger partial charge in [-0.3, -0.25) is 14.4 Å². The van der Waals surface area contributed by atoms with Gasteiger partial charge < -0.3 is 80.9 Å². The highest BCUT2D eigenvalue weighted by Crippen LogP contribution is 2.38. The van der Waals surface area contributed by atoms with Gasteiger partial charge in [-0.25, -0.2) is 0 Å². The zero-order valence-corrected chi connectivity index (χ0v) is 44.3. The van der Waals surface area contributed by atoms with Crippen LogP contribution < -0.4 is 5.73 Å². The van der Waals surface area contributed by atoms with Gasteiger partial charge in [-0.1, -0.05) is 117 Å². The van der Waals surface area contributed by atoms with Gasteiger partial charge in [0.15, 0.2) is 17.9 Å². The molecule has 2 bridgehead atoms. The summed E-state index contributed by atoms with van der Waals surface area (Å²) in [6.07, 6.45) is 12.8. The third-order valence-electron chi connectivity index (χ3n) is 13.6. The number of aliphatic hydroxyl groups excluding tert-OH is 9. The van der Waals surface area contributed by atoms with Crippen LogP contribution in [0.15, 0.2) is 109 Å². The summed E-state index contributed by atoms with van der Waals surface area (Å²) in [7, 11) is 0. The van der Waals surface area contributed by atoms with Gasteiger partial charge in [-0.15, -0.1) is 0 Å². The van der Waals surface area contributed by atoms with Gasteiger partial charge >= 0.3 is 11.9 Å². The van der Waals surface area contributed by atoms with Crippen LogP contribution in [0.25, 0.3) is 0 Å². The lowest BCUT2D eigenvalue weighted by molar-refractivity contribution is -0.308. The minimum atomic E-state index is -2.28. The molecule has 19 heteroatoms. The normalized spacial score (nSPS) is 36.8. The number of fused-ring (bicyclic) bond motifs is 2. The minimum absolute atomic E-state index is 0.0553. The fourth-order valence-electron chi connectivity index (χ4n) is 9.52. The Hall–Kier alpha value is -4.29. The lowest BCUT2D eigenvalue weighted by Gasteiger charge is -2.45. The molecular formula is C57H87NO18. The van der Waals surface area contributed by atoms with Crippen LogP contribution in [0.5, 0.6) is 0 Å². The summed E-state index contributed by atoms with van der Waals surface area (Å²) in [4.78, 5) is 38.1. The summed E-state index contributed by atoms with van der Waals surface area (Å²) in [5, 5.41) is 119. The number of carbonyl (C=O) groups excluding carboxylic acids is 2. The Labute approximate surface area is 447 Å². The van der Waals surface area contributed by atoms with Crippen molar-refractivity contribution in [1.82, 2.24) is 0 Å². The lowest BCUT2D eigenvalue weighted by Crippen LogP contribution is -2.61. The predicted molar refractivity (Wildman–Crippen MR) is 283 cm³/mol. The number of aliphatic carboxylic acids is 1. The number of carboxylic acid groups (broad SMARTS) is 1. The lowest BCUT2D eigenvalue weighted by atomic mass is 9.82. The van der Waals surface area contributed by atoms with Gasteiger partial charge in [0.25, 0.3) is 0 Å². The Balaban J connectivity index is 1.85. The number of esters is 1. The molecule has 3 heterocycles. The van der Waals surface area contributed by atoms with Crippen molar-refractivity contribution < 1.29 is 89.5 Å². The van der Waals surface area contributed by atoms with Crippen molar-refractivity contribution in [3.05, 3.63) is 109 Å². The molecule has 0 aliphatic carbocycles. The van der Waals surface area contributed by atoms with Gasteiger partial charge in [0.2, 0.25) is 0 Å². The Bertz CT molecular complexity index is 2020. The van der Waals surface area contributed by atoms with E-state index in [4.69, 9.17) is 24.7 Å². The number of hydrogen-bond donors (Lipinski definition) is 12. The summed E-state index contributed by atoms with van der Waals surface area (Å²) in [6.45, 7) is 7.13. The van der Waals surface area contributed by atoms with Gasteiger partial charge in [0.1, 0.15) is 18.1 Å². The van der Waals surface area contributed by atoms with E-state index >= 15 is 0 Å². The standard InChI is InChI=1S/C57H87NO18/c1-5-6-17-22-39(59)28-42(62)27-26-37(3)54-36(2)21-18-15-13-11-9-7-8-10-12-14-16-19-25-46(74-56-53(69)51(58)52(68)38(4)73-56)33-48-50(55(70)71)47(66)35-57(72,76-48)34-45(65)31-43(63)29-40(60)23-20-24-41(61)30-44(64)32-49(67)75-54/h5-19,21-22,25,36-38,40-48,50-54,56,60-66,68-69,72H,20,23-24,26-35,58H2,1-4H3,(H,70,71)/b6-5+,8-7?,11-9?,12-10?,15-13?,16-14?,21-18?,22-17+,25-19?. The molecule has 2 fully saturated rings. The molecule has 3 aliphatic rings. The number of allylic oxidation sites excluding steroid dienone is 16. The molecule has 0 aromatic carbocycles. The molecule has 0 aromatic rings. The third-order valence-corrected chi connectivity index (χ3v) is 13.6. The van der Waals surface area contributed by atoms with Crippen molar-refractivity contribution in [2.24, 2.45) is 23.5 Å². The van der Waals surface area contributed by atoms with Crippen LogP contribution in [-0.4, -0.2) is 171 Å². The van der Waals surface area contributed by atoms with Gasteiger partial charge in [-0.2, -0.15) is 0 Å². The molecule has 3 rings (SSSR count). The van der Waals surface area contributed by atoms with Crippen LogP contribution >= 0.6 is 0 Å². The van der Waals surface area contributed by atoms with Crippen LogP contribution in [0.1, 0.15) is 111 Å². The molecular weight excluding hydrogens is 987 g/mol. The summed E-state index contributed by atoms with van der Waals surface area (Å²) in [6, 6.07) is -1.15. The molecule has 0 amide bonds. The first-order chi connectivity index (χ1) is 36.0. The van der Waals surface area contributed by atoms with E-state index in [2.05, 4.69) is 0 Å². The van der Waals surface area contributed by atoms with E-state index in [0.717, 1.165) is 0 Å². The van der Waals surface area contributed by atoms with Crippen LogP contribution in [0.3, 0.4) is 0 Å². The number of cyclic esters (lactones) is 1. The van der Waals surface area contributed by atoms with Gasteiger partial charge in [0, 0.05) is 31.6 Å². The second kappa shape index (κ2) is 34.6. The Morgan fingerprint density at radius 2 is 1.33 bits per heavy atom. The molecule has 19 nitrogen and oxygen atoms in total. The number of ketones is 1. The summed E-state index contributed by atoms with van der Waals surface area (Å²) in [5.41, 5.74) is 6.05. The molecule has 0 aromatic heterocycles. The number of ether oxygens (including phenoxy) is 4. The first-order valence-electron chi connectivity index (χ1n) is 26.5. The first-order valence-corrected chi connectivity index (χ1v) is 26.5. The number of carboxylic acids is 1. The molecule has 428 valence electrons. The van der Waals surface area contributed by atoms with Crippen molar-refractivity contribution in [1.29, 1.82) is 0 Å². The maximum Gasteiger partial charge on any atom is 0.311 e. The number of rotatable bonds is 11. The molecule has 19 unspecified atom stereocenters. The number of hydrogen-bond acceptors (Lipinski definition) is 18. The molecule has 0 saturated carbocycles. The topological polar surface area (TPSA) is 337 Å². The number of carbonyl (C=O) groups is 3. The van der Waals surface area contributed by atoms with E-state index in [1.54, 1.807) is 85.1 Å². The maximum absolute atomic E-state index is 13.3. The highest BCUT2D eigenvalue weighted by Gasteiger charge is 2.51. The molecule has 0 spiro atoms. The third kappa shape index (κ3) is 24.6. The summed E-state index contributed by atoms with van der Waals surface area (Å²) < 4.78 is 23.7. The summed E-state index contributed by atoms with van der Waals surface area (Å²) in [5.74, 6) is -6.75. The smallest absolute Gasteiger partial charge is 0.311 e. The fraction of sp³-hybridized carbons (Fsp3) is 0.632. The SMILES string of the molecule is C/C=C/C=C/C(=O)CC(O)CCC(C)C1OC(=O)CC(O)CC(O)CCCC(O)CC(O)CC(O)CC2(O)CC(O)C(C(=O)O)C(CC(OC3OC(C)C(O)C(N)C3O)C=CC=CC=CC=CC=CC=CC=CC1C)O2. The van der Waals surface area contributed by atoms with E-state index in [9.17, 15) is 70.6 Å². The van der Waals surface area contributed by atoms with Crippen molar-refractivity contribution in [3.8, 4) is 0 Å². The Morgan fingerprint density at radius 3 is 1.92 bits per heavy atom. The van der Waals surface area contributed by atoms with Crippen LogP contribution in [0.2, 0.25) is 0 Å². The van der Waals surface area contributed by atoms with Crippen LogP contribution in [0, 0.1) is 17.8 Å². The number of aliphatic hydroxyl groups is 10. The van der Waals surface area contributed by atoms with Crippen molar-refractivity contribution in [2.45, 2.75) is 209 Å². The van der Waals surface area contributed by atoms with Gasteiger partial charge in [0.05, 0.1) is 79.6 Å². The molecule has 2 saturated heterocycles. The van der Waals surface area contributed by atoms with E-state index < -0.39 is 135 Å². The van der Waals surface area contributed by atoms with E-state index in [0.29, 0.717) is 6.42 Å². The molecule has 13 N–H and O–H groups in total. The average Bonchev–Trinajstić information content (AvgIpc) is 3.32. The second-order valence-electron chi connectivity index (χ2n) is 20.5. The number of nitrogens with two attached hydrogens (primary N) is 1. The van der Waals surface area contributed by atoms with E-state index in [1.165, 1.54) is 19.1 Å². The molecule has 76 heavy (non-hydrogen) atoms. The van der Waals surface area contributed by atoms with Crippen LogP contribution in [-0.2, 0) is 33.3 Å². The highest BCUT2D eigenvalue weighted by molar-refractivity contribution is 5.90. The van der Waals surface area contributed by atoms with E-state index in [1.807, 2.05) is 32.9 Å². The van der Waals surface area contributed by atoms with Crippen LogP contribution in [0.4, 0.5) is 0 Å². The average molecular weight is 1070 g/mol. The Kier molecular flexibility index (Phi) is 30.0. The van der Waals surface area contributed by atoms with Crippen molar-refractivity contribution >= 4 is 17.7 Å². The quantitative estimate of drug-likeness (QED) is 0.0802. The predicted octanol–water partition coefficient (Wildman–Crippen LogP) is 3.34. The fourth-order valence-corrected chi connectivity index (χ4v) is 9.52. The zero-order valence-electron chi connectivity index (χ0n) is 44.3. The maximum atomic E-state index is 13.3. The largest absolute Gasteiger partial charge is 0.481 e.